The molecule has 2 N–H and O–H groups in total. The highest BCUT2D eigenvalue weighted by Crippen LogP contribution is 2.39. The van der Waals surface area contributed by atoms with Gasteiger partial charge in [-0.15, -0.1) is 11.3 Å². The molecule has 0 aliphatic rings. The summed E-state index contributed by atoms with van der Waals surface area (Å²) in [6.07, 6.45) is 0. The van der Waals surface area contributed by atoms with Crippen molar-refractivity contribution in [2.24, 2.45) is 5.73 Å². The lowest BCUT2D eigenvalue weighted by Gasteiger charge is -2.14. The molecule has 1 unspecified atom stereocenters. The van der Waals surface area contributed by atoms with Crippen LogP contribution in [0.4, 0.5) is 0 Å². The first-order valence-electron chi connectivity index (χ1n) is 5.06. The van der Waals surface area contributed by atoms with Crippen molar-refractivity contribution in [2.45, 2.75) is 6.04 Å². The molecule has 96 valence electrons. The van der Waals surface area contributed by atoms with Gasteiger partial charge in [-0.25, -0.2) is 0 Å². The Morgan fingerprint density at radius 3 is 2.61 bits per heavy atom. The van der Waals surface area contributed by atoms with E-state index in [1.807, 2.05) is 24.3 Å². The Balaban J connectivity index is 2.42. The molecular formula is C12H10Br2ClNOS. The number of rotatable bonds is 3. The van der Waals surface area contributed by atoms with Crippen LogP contribution in [-0.2, 0) is 0 Å². The average Bonchev–Trinajstić information content (AvgIpc) is 2.68. The molecule has 0 amide bonds. The summed E-state index contributed by atoms with van der Waals surface area (Å²) >= 11 is 14.4. The van der Waals surface area contributed by atoms with E-state index in [0.29, 0.717) is 5.02 Å². The fourth-order valence-corrected chi connectivity index (χ4v) is 3.72. The van der Waals surface area contributed by atoms with E-state index in [2.05, 4.69) is 31.9 Å². The SMILES string of the molecule is COc1cc(Br)ccc1C(N)c1cc(Cl)c(Br)s1. The summed E-state index contributed by atoms with van der Waals surface area (Å²) in [6.45, 7) is 0. The van der Waals surface area contributed by atoms with Crippen LogP contribution in [-0.4, -0.2) is 7.11 Å². The van der Waals surface area contributed by atoms with Gasteiger partial charge in [-0.3, -0.25) is 0 Å². The van der Waals surface area contributed by atoms with Crippen molar-refractivity contribution in [2.75, 3.05) is 7.11 Å². The van der Waals surface area contributed by atoms with E-state index in [9.17, 15) is 0 Å². The quantitative estimate of drug-likeness (QED) is 0.773. The molecule has 0 saturated carbocycles. The van der Waals surface area contributed by atoms with Gasteiger partial charge in [0.05, 0.1) is 22.0 Å². The van der Waals surface area contributed by atoms with E-state index < -0.39 is 0 Å². The van der Waals surface area contributed by atoms with Crippen LogP contribution >= 0.6 is 54.8 Å². The summed E-state index contributed by atoms with van der Waals surface area (Å²) < 4.78 is 7.21. The van der Waals surface area contributed by atoms with E-state index in [1.165, 1.54) is 11.3 Å². The first-order chi connectivity index (χ1) is 8.52. The summed E-state index contributed by atoms with van der Waals surface area (Å²) in [5.74, 6) is 0.762. The minimum absolute atomic E-state index is 0.248. The molecule has 0 spiro atoms. The van der Waals surface area contributed by atoms with Gasteiger partial charge >= 0.3 is 0 Å². The van der Waals surface area contributed by atoms with Crippen LogP contribution in [0.5, 0.6) is 5.75 Å². The van der Waals surface area contributed by atoms with Crippen LogP contribution in [0, 0.1) is 0 Å². The second-order valence-electron chi connectivity index (χ2n) is 3.63. The number of halogens is 3. The fraction of sp³-hybridized carbons (Fsp3) is 0.167. The topological polar surface area (TPSA) is 35.2 Å². The minimum Gasteiger partial charge on any atom is -0.496 e. The molecule has 0 aliphatic carbocycles. The second-order valence-corrected chi connectivity index (χ2v) is 7.36. The third-order valence-electron chi connectivity index (χ3n) is 2.50. The van der Waals surface area contributed by atoms with Crippen LogP contribution in [0.2, 0.25) is 5.02 Å². The number of thiophene rings is 1. The van der Waals surface area contributed by atoms with Gasteiger partial charge in [-0.1, -0.05) is 33.6 Å². The number of hydrogen-bond donors (Lipinski definition) is 1. The van der Waals surface area contributed by atoms with Crippen molar-refractivity contribution in [1.82, 2.24) is 0 Å². The molecule has 2 aromatic rings. The highest BCUT2D eigenvalue weighted by atomic mass is 79.9. The van der Waals surface area contributed by atoms with Gasteiger partial charge in [-0.05, 0) is 34.1 Å². The van der Waals surface area contributed by atoms with Gasteiger partial charge in [0.25, 0.3) is 0 Å². The Labute approximate surface area is 131 Å². The van der Waals surface area contributed by atoms with Crippen molar-refractivity contribution in [3.8, 4) is 5.75 Å². The predicted octanol–water partition coefficient (Wildman–Crippen LogP) is 4.98. The van der Waals surface area contributed by atoms with Crippen LogP contribution in [0.1, 0.15) is 16.5 Å². The van der Waals surface area contributed by atoms with Crippen LogP contribution < -0.4 is 10.5 Å². The molecule has 0 bridgehead atoms. The van der Waals surface area contributed by atoms with E-state index in [-0.39, 0.29) is 6.04 Å². The number of benzene rings is 1. The van der Waals surface area contributed by atoms with Crippen LogP contribution in [0.3, 0.4) is 0 Å². The zero-order valence-corrected chi connectivity index (χ0v) is 14.2. The largest absolute Gasteiger partial charge is 0.496 e. The maximum Gasteiger partial charge on any atom is 0.125 e. The van der Waals surface area contributed by atoms with Gasteiger partial charge < -0.3 is 10.5 Å². The Morgan fingerprint density at radius 2 is 2.06 bits per heavy atom. The summed E-state index contributed by atoms with van der Waals surface area (Å²) in [5, 5.41) is 0.682. The molecule has 18 heavy (non-hydrogen) atoms. The lowest BCUT2D eigenvalue weighted by molar-refractivity contribution is 0.407. The molecular weight excluding hydrogens is 401 g/mol. The molecule has 0 aliphatic heterocycles. The van der Waals surface area contributed by atoms with Crippen molar-refractivity contribution < 1.29 is 4.74 Å². The lowest BCUT2D eigenvalue weighted by Crippen LogP contribution is -2.11. The number of methoxy groups -OCH3 is 1. The third-order valence-corrected chi connectivity index (χ3v) is 5.55. The van der Waals surface area contributed by atoms with Crippen LogP contribution in [0.15, 0.2) is 32.5 Å². The van der Waals surface area contributed by atoms with E-state index in [1.54, 1.807) is 7.11 Å². The standard InChI is InChI=1S/C12H10Br2ClNOS/c1-17-9-4-6(13)2-3-7(9)11(16)10-5-8(15)12(14)18-10/h2-5,11H,16H2,1H3. The van der Waals surface area contributed by atoms with Crippen molar-refractivity contribution >= 4 is 54.8 Å². The van der Waals surface area contributed by atoms with Gasteiger partial charge in [0, 0.05) is 14.9 Å². The predicted molar refractivity (Wildman–Crippen MR) is 83.8 cm³/mol. The molecule has 1 aromatic carbocycles. The van der Waals surface area contributed by atoms with E-state index in [4.69, 9.17) is 22.1 Å². The van der Waals surface area contributed by atoms with E-state index >= 15 is 0 Å². The van der Waals surface area contributed by atoms with Crippen LogP contribution in [0.25, 0.3) is 0 Å². The molecule has 1 atom stereocenters. The highest BCUT2D eigenvalue weighted by molar-refractivity contribution is 9.11. The normalized spacial score (nSPS) is 12.5. The van der Waals surface area contributed by atoms with Gasteiger partial charge in [0.1, 0.15) is 5.75 Å². The maximum atomic E-state index is 6.26. The first-order valence-corrected chi connectivity index (χ1v) is 7.84. The molecule has 1 aromatic heterocycles. The van der Waals surface area contributed by atoms with Crippen molar-refractivity contribution in [3.63, 3.8) is 0 Å². The molecule has 6 heteroatoms. The molecule has 0 fully saturated rings. The maximum absolute atomic E-state index is 6.26. The van der Waals surface area contributed by atoms with E-state index in [0.717, 1.165) is 24.4 Å². The molecule has 1 heterocycles. The molecule has 0 saturated heterocycles. The van der Waals surface area contributed by atoms with Gasteiger partial charge in [0.15, 0.2) is 0 Å². The van der Waals surface area contributed by atoms with Crippen molar-refractivity contribution in [1.29, 1.82) is 0 Å². The monoisotopic (exact) mass is 409 g/mol. The summed E-state index contributed by atoms with van der Waals surface area (Å²) in [6, 6.07) is 7.43. The first kappa shape index (κ1) is 14.3. The summed E-state index contributed by atoms with van der Waals surface area (Å²) in [7, 11) is 1.63. The lowest BCUT2D eigenvalue weighted by atomic mass is 10.1. The summed E-state index contributed by atoms with van der Waals surface area (Å²) in [5.41, 5.74) is 7.20. The minimum atomic E-state index is -0.248. The fourth-order valence-electron chi connectivity index (χ4n) is 1.61. The Morgan fingerprint density at radius 1 is 1.33 bits per heavy atom. The Hall–Kier alpha value is -0.0700. The number of nitrogens with two attached hydrogens (primary N) is 1. The number of ether oxygens (including phenoxy) is 1. The van der Waals surface area contributed by atoms with Crippen molar-refractivity contribution in [3.05, 3.63) is 48.0 Å². The smallest absolute Gasteiger partial charge is 0.125 e. The molecule has 2 rings (SSSR count). The Kier molecular flexibility index (Phi) is 4.72. The Bertz CT molecular complexity index is 554. The zero-order valence-electron chi connectivity index (χ0n) is 9.41. The van der Waals surface area contributed by atoms with Gasteiger partial charge in [0.2, 0.25) is 0 Å². The average molecular weight is 412 g/mol. The second kappa shape index (κ2) is 5.92. The zero-order chi connectivity index (χ0) is 13.3. The molecule has 0 radical (unpaired) electrons. The van der Waals surface area contributed by atoms with Gasteiger partial charge in [-0.2, -0.15) is 0 Å². The summed E-state index contributed by atoms with van der Waals surface area (Å²) in [4.78, 5) is 0.993. The molecule has 2 nitrogen and oxygen atoms in total. The number of hydrogen-bond acceptors (Lipinski definition) is 3. The highest BCUT2D eigenvalue weighted by Gasteiger charge is 2.17. The third kappa shape index (κ3) is 2.91.